The molecule has 146 valence electrons. The fourth-order valence-electron chi connectivity index (χ4n) is 3.86. The molecule has 0 unspecified atom stereocenters. The van der Waals surface area contributed by atoms with Gasteiger partial charge in [-0.05, 0) is 32.0 Å². The Hall–Kier alpha value is -2.22. The van der Waals surface area contributed by atoms with Crippen LogP contribution in [0.1, 0.15) is 29.9 Å². The molecule has 3 heterocycles. The van der Waals surface area contributed by atoms with Gasteiger partial charge in [0.25, 0.3) is 5.56 Å². The molecule has 27 heavy (non-hydrogen) atoms. The van der Waals surface area contributed by atoms with Crippen LogP contribution in [0.25, 0.3) is 0 Å². The Labute approximate surface area is 159 Å². The standard InChI is InChI=1S/C20H28N4O3/c1-3-24-15(2)14-17(26)18(20(24)27)19(16-6-4-5-7-21-16)23-10-8-22(9-11-23)12-13-25/h4-7,14,19,25-26H,3,8-13H2,1-2H3/t19-/m0/s1. The Morgan fingerprint density at radius 2 is 1.96 bits per heavy atom. The van der Waals surface area contributed by atoms with Gasteiger partial charge in [0, 0.05) is 51.2 Å². The van der Waals surface area contributed by atoms with Crippen LogP contribution in [0, 0.1) is 6.92 Å². The molecule has 3 rings (SSSR count). The van der Waals surface area contributed by atoms with Crippen molar-refractivity contribution in [2.24, 2.45) is 0 Å². The van der Waals surface area contributed by atoms with E-state index in [4.69, 9.17) is 5.11 Å². The third-order valence-electron chi connectivity index (χ3n) is 5.27. The van der Waals surface area contributed by atoms with Gasteiger partial charge < -0.3 is 14.8 Å². The fraction of sp³-hybridized carbons (Fsp3) is 0.500. The number of pyridine rings is 2. The highest BCUT2D eigenvalue weighted by Gasteiger charge is 2.31. The zero-order valence-electron chi connectivity index (χ0n) is 16.0. The third-order valence-corrected chi connectivity index (χ3v) is 5.27. The van der Waals surface area contributed by atoms with Crippen LogP contribution in [-0.2, 0) is 6.54 Å². The van der Waals surface area contributed by atoms with E-state index in [1.807, 2.05) is 32.0 Å². The van der Waals surface area contributed by atoms with E-state index in [0.717, 1.165) is 37.6 Å². The maximum atomic E-state index is 13.2. The van der Waals surface area contributed by atoms with E-state index in [0.29, 0.717) is 18.7 Å². The van der Waals surface area contributed by atoms with E-state index in [2.05, 4.69) is 14.8 Å². The lowest BCUT2D eigenvalue weighted by atomic mass is 10.00. The molecule has 2 aromatic heterocycles. The summed E-state index contributed by atoms with van der Waals surface area (Å²) >= 11 is 0. The molecular formula is C20H28N4O3. The van der Waals surface area contributed by atoms with Gasteiger partial charge in [-0.15, -0.1) is 0 Å². The van der Waals surface area contributed by atoms with Gasteiger partial charge in [0.1, 0.15) is 5.75 Å². The number of aryl methyl sites for hydroxylation is 1. The van der Waals surface area contributed by atoms with Crippen molar-refractivity contribution < 1.29 is 10.2 Å². The van der Waals surface area contributed by atoms with E-state index in [1.54, 1.807) is 16.8 Å². The molecule has 1 atom stereocenters. The van der Waals surface area contributed by atoms with Crippen molar-refractivity contribution >= 4 is 0 Å². The van der Waals surface area contributed by atoms with E-state index in [-0.39, 0.29) is 17.9 Å². The predicted molar refractivity (Wildman–Crippen MR) is 104 cm³/mol. The number of hydrogen-bond acceptors (Lipinski definition) is 6. The summed E-state index contributed by atoms with van der Waals surface area (Å²) in [5.74, 6) is 0.0237. The van der Waals surface area contributed by atoms with Crippen molar-refractivity contribution in [3.63, 3.8) is 0 Å². The van der Waals surface area contributed by atoms with Gasteiger partial charge in [0.15, 0.2) is 0 Å². The molecule has 1 fully saturated rings. The van der Waals surface area contributed by atoms with Crippen LogP contribution in [0.15, 0.2) is 35.3 Å². The molecule has 1 saturated heterocycles. The largest absolute Gasteiger partial charge is 0.507 e. The van der Waals surface area contributed by atoms with Crippen LogP contribution in [0.2, 0.25) is 0 Å². The minimum Gasteiger partial charge on any atom is -0.507 e. The fourth-order valence-corrected chi connectivity index (χ4v) is 3.86. The number of aliphatic hydroxyl groups excluding tert-OH is 1. The topological polar surface area (TPSA) is 81.8 Å². The molecule has 7 heteroatoms. The van der Waals surface area contributed by atoms with Gasteiger partial charge in [-0.25, -0.2) is 0 Å². The zero-order valence-corrected chi connectivity index (χ0v) is 16.0. The SMILES string of the molecule is CCn1c(C)cc(O)c([C@H](c2ccccn2)N2CCN(CCO)CC2)c1=O. The molecule has 0 spiro atoms. The van der Waals surface area contributed by atoms with Gasteiger partial charge in [0.2, 0.25) is 0 Å². The molecule has 0 aliphatic carbocycles. The molecule has 0 amide bonds. The summed E-state index contributed by atoms with van der Waals surface area (Å²) < 4.78 is 1.69. The average molecular weight is 372 g/mol. The first kappa shape index (κ1) is 19.5. The van der Waals surface area contributed by atoms with Gasteiger partial charge in [-0.2, -0.15) is 0 Å². The molecule has 2 aromatic rings. The molecule has 0 aromatic carbocycles. The Morgan fingerprint density at radius 1 is 1.22 bits per heavy atom. The monoisotopic (exact) mass is 372 g/mol. The van der Waals surface area contributed by atoms with Crippen molar-refractivity contribution in [2.45, 2.75) is 26.4 Å². The molecule has 1 aliphatic rings. The summed E-state index contributed by atoms with van der Waals surface area (Å²) in [6, 6.07) is 6.92. The number of nitrogens with zero attached hydrogens (tertiary/aromatic N) is 4. The Balaban J connectivity index is 2.04. The summed E-state index contributed by atoms with van der Waals surface area (Å²) in [7, 11) is 0. The quantitative estimate of drug-likeness (QED) is 0.787. The predicted octanol–water partition coefficient (Wildman–Crippen LogP) is 0.977. The summed E-state index contributed by atoms with van der Waals surface area (Å²) in [6.07, 6.45) is 1.72. The maximum Gasteiger partial charge on any atom is 0.259 e. The Kier molecular flexibility index (Phi) is 6.26. The van der Waals surface area contributed by atoms with Crippen LogP contribution < -0.4 is 5.56 Å². The van der Waals surface area contributed by atoms with E-state index < -0.39 is 6.04 Å². The number of aromatic nitrogens is 2. The Bertz CT molecular complexity index is 814. The smallest absolute Gasteiger partial charge is 0.259 e. The van der Waals surface area contributed by atoms with Crippen LogP contribution in [-0.4, -0.2) is 68.9 Å². The molecule has 0 saturated carbocycles. The van der Waals surface area contributed by atoms with Gasteiger partial charge >= 0.3 is 0 Å². The second-order valence-corrected chi connectivity index (χ2v) is 6.89. The first-order valence-electron chi connectivity index (χ1n) is 9.48. The van der Waals surface area contributed by atoms with Crippen molar-refractivity contribution in [1.82, 2.24) is 19.4 Å². The molecule has 0 radical (unpaired) electrons. The minimum absolute atomic E-state index is 0.0237. The summed E-state index contributed by atoms with van der Waals surface area (Å²) in [5, 5.41) is 19.8. The van der Waals surface area contributed by atoms with Gasteiger partial charge in [-0.3, -0.25) is 19.6 Å². The average Bonchev–Trinajstić information content (AvgIpc) is 2.67. The zero-order chi connectivity index (χ0) is 19.4. The van der Waals surface area contributed by atoms with E-state index in [1.165, 1.54) is 0 Å². The second-order valence-electron chi connectivity index (χ2n) is 6.89. The highest BCUT2D eigenvalue weighted by Crippen LogP contribution is 2.32. The number of β-amino-alcohol motifs (C(OH)–C–C–N with tert-alkyl or cyclic N) is 1. The number of hydrogen-bond donors (Lipinski definition) is 2. The molecule has 0 bridgehead atoms. The van der Waals surface area contributed by atoms with Gasteiger partial charge in [0.05, 0.1) is 23.9 Å². The number of piperazine rings is 1. The first-order chi connectivity index (χ1) is 13.1. The third kappa shape index (κ3) is 4.05. The highest BCUT2D eigenvalue weighted by molar-refractivity contribution is 5.39. The van der Waals surface area contributed by atoms with Crippen molar-refractivity contribution in [3.05, 3.63) is 57.8 Å². The van der Waals surface area contributed by atoms with Crippen LogP contribution in [0.5, 0.6) is 5.75 Å². The maximum absolute atomic E-state index is 13.2. The van der Waals surface area contributed by atoms with Crippen LogP contribution in [0.4, 0.5) is 0 Å². The number of rotatable bonds is 6. The molecule has 7 nitrogen and oxygen atoms in total. The van der Waals surface area contributed by atoms with Crippen LogP contribution >= 0.6 is 0 Å². The lowest BCUT2D eigenvalue weighted by molar-refractivity contribution is 0.0921. The normalized spacial score (nSPS) is 17.1. The summed E-state index contributed by atoms with van der Waals surface area (Å²) in [6.45, 7) is 8.19. The lowest BCUT2D eigenvalue weighted by Crippen LogP contribution is -2.49. The van der Waals surface area contributed by atoms with Crippen molar-refractivity contribution in [2.75, 3.05) is 39.3 Å². The first-order valence-corrected chi connectivity index (χ1v) is 9.48. The highest BCUT2D eigenvalue weighted by atomic mass is 16.3. The summed E-state index contributed by atoms with van der Waals surface area (Å²) in [4.78, 5) is 22.1. The van der Waals surface area contributed by atoms with Crippen LogP contribution in [0.3, 0.4) is 0 Å². The molecule has 2 N–H and O–H groups in total. The van der Waals surface area contributed by atoms with E-state index in [9.17, 15) is 9.90 Å². The van der Waals surface area contributed by atoms with E-state index >= 15 is 0 Å². The molecular weight excluding hydrogens is 344 g/mol. The number of aliphatic hydroxyl groups is 1. The summed E-state index contributed by atoms with van der Waals surface area (Å²) in [5.41, 5.74) is 1.73. The lowest BCUT2D eigenvalue weighted by Gasteiger charge is -2.39. The number of aromatic hydroxyl groups is 1. The minimum atomic E-state index is -0.395. The Morgan fingerprint density at radius 3 is 2.56 bits per heavy atom. The van der Waals surface area contributed by atoms with Gasteiger partial charge in [-0.1, -0.05) is 6.07 Å². The van der Waals surface area contributed by atoms with Crippen molar-refractivity contribution in [1.29, 1.82) is 0 Å². The second kappa shape index (κ2) is 8.65. The molecule has 1 aliphatic heterocycles. The van der Waals surface area contributed by atoms with Crippen molar-refractivity contribution in [3.8, 4) is 5.75 Å².